The number of nitrogens with one attached hydrogen (secondary N) is 1. The third-order valence-corrected chi connectivity index (χ3v) is 3.54. The van der Waals surface area contributed by atoms with Gasteiger partial charge in [-0.3, -0.25) is 0 Å². The third-order valence-electron chi connectivity index (χ3n) is 2.40. The number of pyridine rings is 1. The standard InChI is InChI=1S/C13H17N3OS/c1-3-13-16-9-11(18-13)8-14-10-5-6-12(15-7-10)17-4-2/h5-7,9,14H,3-4,8H2,1-2H3. The fourth-order valence-corrected chi connectivity index (χ4v) is 2.30. The smallest absolute Gasteiger partial charge is 0.213 e. The molecule has 0 aliphatic rings. The summed E-state index contributed by atoms with van der Waals surface area (Å²) >= 11 is 1.74. The van der Waals surface area contributed by atoms with E-state index in [-0.39, 0.29) is 0 Å². The Morgan fingerprint density at radius 3 is 2.72 bits per heavy atom. The molecule has 0 unspecified atom stereocenters. The summed E-state index contributed by atoms with van der Waals surface area (Å²) in [7, 11) is 0. The number of thiazole rings is 1. The van der Waals surface area contributed by atoms with E-state index in [4.69, 9.17) is 4.74 Å². The van der Waals surface area contributed by atoms with Crippen LogP contribution in [0.2, 0.25) is 0 Å². The van der Waals surface area contributed by atoms with Crippen LogP contribution >= 0.6 is 11.3 Å². The van der Waals surface area contributed by atoms with Crippen LogP contribution in [-0.4, -0.2) is 16.6 Å². The Labute approximate surface area is 111 Å². The summed E-state index contributed by atoms with van der Waals surface area (Å²) in [6.07, 6.45) is 4.71. The van der Waals surface area contributed by atoms with Gasteiger partial charge in [-0.2, -0.15) is 0 Å². The van der Waals surface area contributed by atoms with Crippen LogP contribution in [0.4, 0.5) is 5.69 Å². The maximum Gasteiger partial charge on any atom is 0.213 e. The van der Waals surface area contributed by atoms with Crippen molar-refractivity contribution in [3.8, 4) is 5.88 Å². The lowest BCUT2D eigenvalue weighted by Crippen LogP contribution is -1.99. The molecule has 0 bridgehead atoms. The number of hydrogen-bond donors (Lipinski definition) is 1. The van der Waals surface area contributed by atoms with Gasteiger partial charge >= 0.3 is 0 Å². The highest BCUT2D eigenvalue weighted by Crippen LogP contribution is 2.16. The van der Waals surface area contributed by atoms with Gasteiger partial charge in [0.25, 0.3) is 0 Å². The second kappa shape index (κ2) is 6.35. The van der Waals surface area contributed by atoms with Crippen LogP contribution in [0.25, 0.3) is 0 Å². The molecule has 2 heterocycles. The molecule has 4 nitrogen and oxygen atoms in total. The Morgan fingerprint density at radius 1 is 1.22 bits per heavy atom. The maximum atomic E-state index is 5.29. The van der Waals surface area contributed by atoms with Gasteiger partial charge in [-0.25, -0.2) is 9.97 Å². The predicted molar refractivity (Wildman–Crippen MR) is 74.2 cm³/mol. The van der Waals surface area contributed by atoms with Crippen LogP contribution in [0.1, 0.15) is 23.7 Å². The first-order chi connectivity index (χ1) is 8.81. The van der Waals surface area contributed by atoms with Gasteiger partial charge in [0.15, 0.2) is 0 Å². The normalized spacial score (nSPS) is 10.3. The van der Waals surface area contributed by atoms with Gasteiger partial charge in [-0.05, 0) is 19.4 Å². The molecule has 0 saturated carbocycles. The van der Waals surface area contributed by atoms with Crippen molar-refractivity contribution in [2.45, 2.75) is 26.8 Å². The molecule has 2 aromatic rings. The van der Waals surface area contributed by atoms with Crippen LogP contribution in [0.3, 0.4) is 0 Å². The molecule has 2 aromatic heterocycles. The average Bonchev–Trinajstić information content (AvgIpc) is 2.86. The number of hydrogen-bond acceptors (Lipinski definition) is 5. The van der Waals surface area contributed by atoms with Gasteiger partial charge in [-0.1, -0.05) is 6.92 Å². The molecule has 0 aliphatic heterocycles. The molecule has 0 saturated heterocycles. The summed E-state index contributed by atoms with van der Waals surface area (Å²) < 4.78 is 5.29. The zero-order valence-electron chi connectivity index (χ0n) is 10.6. The maximum absolute atomic E-state index is 5.29. The van der Waals surface area contributed by atoms with Gasteiger partial charge in [0.2, 0.25) is 5.88 Å². The first kappa shape index (κ1) is 12.8. The zero-order chi connectivity index (χ0) is 12.8. The summed E-state index contributed by atoms with van der Waals surface area (Å²) in [5.41, 5.74) is 0.991. The molecule has 1 N–H and O–H groups in total. The summed E-state index contributed by atoms with van der Waals surface area (Å²) in [5, 5.41) is 4.50. The second-order valence-corrected chi connectivity index (χ2v) is 4.95. The highest BCUT2D eigenvalue weighted by molar-refractivity contribution is 7.11. The highest BCUT2D eigenvalue weighted by atomic mass is 32.1. The van der Waals surface area contributed by atoms with Crippen LogP contribution in [-0.2, 0) is 13.0 Å². The Morgan fingerprint density at radius 2 is 2.11 bits per heavy atom. The van der Waals surface area contributed by atoms with Gasteiger partial charge in [0.05, 0.1) is 30.0 Å². The van der Waals surface area contributed by atoms with E-state index in [1.54, 1.807) is 17.5 Å². The van der Waals surface area contributed by atoms with Crippen molar-refractivity contribution in [1.82, 2.24) is 9.97 Å². The van der Waals surface area contributed by atoms with E-state index in [2.05, 4.69) is 22.2 Å². The third kappa shape index (κ3) is 3.43. The van der Waals surface area contributed by atoms with E-state index in [1.807, 2.05) is 25.3 Å². The quantitative estimate of drug-likeness (QED) is 0.870. The minimum absolute atomic E-state index is 0.639. The van der Waals surface area contributed by atoms with Crippen molar-refractivity contribution in [3.63, 3.8) is 0 Å². The number of aryl methyl sites for hydroxylation is 1. The molecule has 0 spiro atoms. The van der Waals surface area contributed by atoms with E-state index < -0.39 is 0 Å². The van der Waals surface area contributed by atoms with E-state index in [0.717, 1.165) is 18.7 Å². The van der Waals surface area contributed by atoms with Crippen molar-refractivity contribution >= 4 is 17.0 Å². The number of anilines is 1. The largest absolute Gasteiger partial charge is 0.478 e. The van der Waals surface area contributed by atoms with Gasteiger partial charge in [0, 0.05) is 17.1 Å². The van der Waals surface area contributed by atoms with Crippen molar-refractivity contribution in [1.29, 1.82) is 0 Å². The molecule has 2 rings (SSSR count). The second-order valence-electron chi connectivity index (χ2n) is 3.75. The molecule has 0 aromatic carbocycles. The summed E-state index contributed by atoms with van der Waals surface area (Å²) in [6.45, 7) is 5.49. The fraction of sp³-hybridized carbons (Fsp3) is 0.385. The Bertz CT molecular complexity index is 481. The Hall–Kier alpha value is -1.62. The predicted octanol–water partition coefficient (Wildman–Crippen LogP) is 3.11. The average molecular weight is 263 g/mol. The molecule has 0 aliphatic carbocycles. The molecule has 18 heavy (non-hydrogen) atoms. The van der Waals surface area contributed by atoms with Crippen LogP contribution in [0.5, 0.6) is 5.88 Å². The van der Waals surface area contributed by atoms with Gasteiger partial charge in [0.1, 0.15) is 0 Å². The fourth-order valence-electron chi connectivity index (χ4n) is 1.50. The molecular formula is C13H17N3OS. The number of ether oxygens (including phenoxy) is 1. The monoisotopic (exact) mass is 263 g/mol. The van der Waals surface area contributed by atoms with E-state index >= 15 is 0 Å². The SMILES string of the molecule is CCOc1ccc(NCc2cnc(CC)s2)cn1. The zero-order valence-corrected chi connectivity index (χ0v) is 11.5. The molecule has 0 radical (unpaired) electrons. The van der Waals surface area contributed by atoms with E-state index in [9.17, 15) is 0 Å². The van der Waals surface area contributed by atoms with Gasteiger partial charge < -0.3 is 10.1 Å². The first-order valence-electron chi connectivity index (χ1n) is 6.08. The topological polar surface area (TPSA) is 47.0 Å². The highest BCUT2D eigenvalue weighted by Gasteiger charge is 2.00. The Kier molecular flexibility index (Phi) is 4.52. The van der Waals surface area contributed by atoms with Crippen molar-refractivity contribution in [2.75, 3.05) is 11.9 Å². The van der Waals surface area contributed by atoms with E-state index in [0.29, 0.717) is 12.5 Å². The number of rotatable bonds is 6. The van der Waals surface area contributed by atoms with Crippen molar-refractivity contribution < 1.29 is 4.74 Å². The minimum Gasteiger partial charge on any atom is -0.478 e. The lowest BCUT2D eigenvalue weighted by atomic mass is 10.4. The minimum atomic E-state index is 0.639. The first-order valence-corrected chi connectivity index (χ1v) is 6.89. The summed E-state index contributed by atoms with van der Waals surface area (Å²) in [6, 6.07) is 3.84. The van der Waals surface area contributed by atoms with Crippen molar-refractivity contribution in [2.24, 2.45) is 0 Å². The summed E-state index contributed by atoms with van der Waals surface area (Å²) in [5.74, 6) is 0.661. The number of aromatic nitrogens is 2. The lowest BCUT2D eigenvalue weighted by molar-refractivity contribution is 0.327. The molecule has 0 fully saturated rings. The lowest BCUT2D eigenvalue weighted by Gasteiger charge is -2.05. The molecular weight excluding hydrogens is 246 g/mol. The molecule has 0 atom stereocenters. The van der Waals surface area contributed by atoms with E-state index in [1.165, 1.54) is 9.88 Å². The molecule has 0 amide bonds. The van der Waals surface area contributed by atoms with Crippen LogP contribution in [0.15, 0.2) is 24.5 Å². The van der Waals surface area contributed by atoms with Gasteiger partial charge in [-0.15, -0.1) is 11.3 Å². The molecule has 96 valence electrons. The van der Waals surface area contributed by atoms with Crippen LogP contribution < -0.4 is 10.1 Å². The Balaban J connectivity index is 1.89. The summed E-state index contributed by atoms with van der Waals surface area (Å²) in [4.78, 5) is 9.77. The van der Waals surface area contributed by atoms with Crippen molar-refractivity contribution in [3.05, 3.63) is 34.4 Å². The molecule has 5 heteroatoms. The van der Waals surface area contributed by atoms with Crippen LogP contribution in [0, 0.1) is 0 Å². The number of nitrogens with zero attached hydrogens (tertiary/aromatic N) is 2.